The zero-order chi connectivity index (χ0) is 11.1. The van der Waals surface area contributed by atoms with Crippen molar-refractivity contribution in [2.75, 3.05) is 26.2 Å². The molecule has 0 saturated carbocycles. The van der Waals surface area contributed by atoms with Crippen molar-refractivity contribution in [3.05, 3.63) is 11.8 Å². The van der Waals surface area contributed by atoms with Crippen LogP contribution in [0.25, 0.3) is 0 Å². The summed E-state index contributed by atoms with van der Waals surface area (Å²) >= 11 is 0. The molecule has 0 unspecified atom stereocenters. The second-order valence-electron chi connectivity index (χ2n) is 3.36. The van der Waals surface area contributed by atoms with Gasteiger partial charge in [-0.3, -0.25) is 9.79 Å². The summed E-state index contributed by atoms with van der Waals surface area (Å²) in [4.78, 5) is 15.6. The molecule has 15 heavy (non-hydrogen) atoms. The fourth-order valence-electron chi connectivity index (χ4n) is 1.30. The minimum absolute atomic E-state index is 0.222. The van der Waals surface area contributed by atoms with Crippen LogP contribution in [0.15, 0.2) is 16.8 Å². The first-order valence-corrected chi connectivity index (χ1v) is 5.23. The van der Waals surface area contributed by atoms with Gasteiger partial charge >= 0.3 is 0 Å². The highest BCUT2D eigenvalue weighted by Crippen LogP contribution is 1.93. The average Bonchev–Trinajstić information content (AvgIpc) is 2.46. The van der Waals surface area contributed by atoms with E-state index in [4.69, 9.17) is 5.73 Å². The number of nitrogens with one attached hydrogen (secondary N) is 2. The van der Waals surface area contributed by atoms with Crippen molar-refractivity contribution in [3.8, 4) is 0 Å². The van der Waals surface area contributed by atoms with Gasteiger partial charge in [-0.15, -0.1) is 0 Å². The van der Waals surface area contributed by atoms with Crippen LogP contribution in [-0.4, -0.2) is 37.8 Å². The van der Waals surface area contributed by atoms with Crippen molar-refractivity contribution in [1.29, 1.82) is 0 Å². The van der Waals surface area contributed by atoms with Crippen LogP contribution in [0.3, 0.4) is 0 Å². The van der Waals surface area contributed by atoms with Crippen LogP contribution in [0.4, 0.5) is 0 Å². The summed E-state index contributed by atoms with van der Waals surface area (Å²) in [7, 11) is 0. The smallest absolute Gasteiger partial charge is 0.267 e. The Kier molecular flexibility index (Phi) is 4.83. The van der Waals surface area contributed by atoms with E-state index >= 15 is 0 Å². The van der Waals surface area contributed by atoms with E-state index < -0.39 is 0 Å². The number of likely N-dealkylation sites (N-methyl/N-ethyl adjacent to an activating group) is 1. The number of aliphatic imine (C=N–C) groups is 1. The Morgan fingerprint density at radius 2 is 2.53 bits per heavy atom. The fraction of sp³-hybridized carbons (Fsp3) is 0.600. The lowest BCUT2D eigenvalue weighted by atomic mass is 10.2. The molecule has 0 saturated heterocycles. The Bertz CT molecular complexity index is 283. The van der Waals surface area contributed by atoms with Crippen molar-refractivity contribution in [2.45, 2.75) is 13.3 Å². The minimum Gasteiger partial charge on any atom is -0.394 e. The number of rotatable bonds is 3. The highest BCUT2D eigenvalue weighted by molar-refractivity contribution is 6.04. The monoisotopic (exact) mass is 210 g/mol. The van der Waals surface area contributed by atoms with Gasteiger partial charge in [-0.2, -0.15) is 0 Å². The third-order valence-electron chi connectivity index (χ3n) is 2.05. The molecule has 1 rings (SSSR count). The molecule has 1 amide bonds. The third kappa shape index (κ3) is 4.12. The third-order valence-corrected chi connectivity index (χ3v) is 2.05. The normalized spacial score (nSPS) is 17.9. The van der Waals surface area contributed by atoms with Gasteiger partial charge < -0.3 is 16.4 Å². The molecule has 0 aromatic heterocycles. The lowest BCUT2D eigenvalue weighted by molar-refractivity contribution is -0.117. The first kappa shape index (κ1) is 11.7. The molecule has 0 aliphatic carbocycles. The fourth-order valence-corrected chi connectivity index (χ4v) is 1.30. The summed E-state index contributed by atoms with van der Waals surface area (Å²) in [6.45, 7) is 4.87. The quantitative estimate of drug-likeness (QED) is 0.544. The van der Waals surface area contributed by atoms with Crippen molar-refractivity contribution in [1.82, 2.24) is 10.6 Å². The maximum absolute atomic E-state index is 11.3. The number of nitrogens with two attached hydrogens (primary N) is 1. The van der Waals surface area contributed by atoms with Crippen LogP contribution in [0.2, 0.25) is 0 Å². The predicted octanol–water partition coefficient (Wildman–Crippen LogP) is -0.601. The summed E-state index contributed by atoms with van der Waals surface area (Å²) in [6.07, 6.45) is 2.67. The summed E-state index contributed by atoms with van der Waals surface area (Å²) in [5.41, 5.74) is 6.69. The molecule has 84 valence electrons. The molecule has 0 atom stereocenters. The van der Waals surface area contributed by atoms with Gasteiger partial charge in [-0.25, -0.2) is 0 Å². The highest BCUT2D eigenvalue weighted by atomic mass is 16.1. The number of hydrogen-bond acceptors (Lipinski definition) is 4. The van der Waals surface area contributed by atoms with Crippen LogP contribution in [0.1, 0.15) is 13.3 Å². The molecule has 4 N–H and O–H groups in total. The van der Waals surface area contributed by atoms with Crippen LogP contribution in [0, 0.1) is 0 Å². The topological polar surface area (TPSA) is 79.5 Å². The molecular formula is C10H18N4O. The number of hydrogen-bond donors (Lipinski definition) is 3. The maximum atomic E-state index is 11.3. The van der Waals surface area contributed by atoms with Crippen LogP contribution in [0.5, 0.6) is 0 Å². The van der Waals surface area contributed by atoms with E-state index in [0.717, 1.165) is 25.2 Å². The maximum Gasteiger partial charge on any atom is 0.267 e. The van der Waals surface area contributed by atoms with Crippen molar-refractivity contribution in [3.63, 3.8) is 0 Å². The Morgan fingerprint density at radius 1 is 1.73 bits per heavy atom. The van der Waals surface area contributed by atoms with Gasteiger partial charge in [-0.1, -0.05) is 0 Å². The molecule has 0 fully saturated rings. The molecule has 1 aliphatic heterocycles. The standard InChI is InChI=1S/C10H18N4O/c1-2-13-10(15)9(11)6-8-7-12-4-3-5-14-8/h6,12H,2-5,7,11H2,1H3,(H,13,15)/b9-6-. The molecule has 0 aromatic rings. The second-order valence-corrected chi connectivity index (χ2v) is 3.36. The van der Waals surface area contributed by atoms with Gasteiger partial charge in [0.15, 0.2) is 0 Å². The van der Waals surface area contributed by atoms with E-state index in [9.17, 15) is 4.79 Å². The number of carbonyl (C=O) groups is 1. The summed E-state index contributed by atoms with van der Waals surface area (Å²) < 4.78 is 0. The van der Waals surface area contributed by atoms with Crippen LogP contribution < -0.4 is 16.4 Å². The lowest BCUT2D eigenvalue weighted by Gasteiger charge is -2.03. The zero-order valence-corrected chi connectivity index (χ0v) is 9.05. The molecule has 0 radical (unpaired) electrons. The number of carbonyl (C=O) groups excluding carboxylic acids is 1. The van der Waals surface area contributed by atoms with E-state index in [1.54, 1.807) is 6.08 Å². The van der Waals surface area contributed by atoms with Gasteiger partial charge in [0, 0.05) is 19.6 Å². The Morgan fingerprint density at radius 3 is 3.27 bits per heavy atom. The highest BCUT2D eigenvalue weighted by Gasteiger charge is 2.06. The minimum atomic E-state index is -0.232. The number of nitrogens with zero attached hydrogens (tertiary/aromatic N) is 1. The SMILES string of the molecule is CCNC(=O)/C(N)=C/C1=NCCCNC1. The Balaban J connectivity index is 2.59. The Hall–Kier alpha value is -1.36. The summed E-state index contributed by atoms with van der Waals surface area (Å²) in [5.74, 6) is -0.232. The molecule has 5 nitrogen and oxygen atoms in total. The molecule has 0 bridgehead atoms. The van der Waals surface area contributed by atoms with E-state index in [2.05, 4.69) is 15.6 Å². The van der Waals surface area contributed by atoms with Crippen molar-refractivity contribution >= 4 is 11.6 Å². The van der Waals surface area contributed by atoms with Gasteiger partial charge in [0.1, 0.15) is 0 Å². The van der Waals surface area contributed by atoms with E-state index in [-0.39, 0.29) is 11.6 Å². The summed E-state index contributed by atoms with van der Waals surface area (Å²) in [5, 5.41) is 5.85. The first-order chi connectivity index (χ1) is 7.24. The van der Waals surface area contributed by atoms with Crippen molar-refractivity contribution < 1.29 is 4.79 Å². The Labute approximate surface area is 89.8 Å². The predicted molar refractivity (Wildman–Crippen MR) is 60.7 cm³/mol. The zero-order valence-electron chi connectivity index (χ0n) is 9.05. The molecule has 5 heteroatoms. The lowest BCUT2D eigenvalue weighted by Crippen LogP contribution is -2.29. The molecule has 1 heterocycles. The van der Waals surface area contributed by atoms with Crippen molar-refractivity contribution in [2.24, 2.45) is 10.7 Å². The molecule has 1 aliphatic rings. The van der Waals surface area contributed by atoms with E-state index in [0.29, 0.717) is 13.1 Å². The van der Waals surface area contributed by atoms with Gasteiger partial charge in [0.05, 0.1) is 11.4 Å². The first-order valence-electron chi connectivity index (χ1n) is 5.23. The summed E-state index contributed by atoms with van der Waals surface area (Å²) in [6, 6.07) is 0. The van der Waals surface area contributed by atoms with Crippen LogP contribution in [-0.2, 0) is 4.79 Å². The second kappa shape index (κ2) is 6.19. The largest absolute Gasteiger partial charge is 0.394 e. The number of amides is 1. The molecular weight excluding hydrogens is 192 g/mol. The van der Waals surface area contributed by atoms with Crippen LogP contribution >= 0.6 is 0 Å². The molecule has 0 aromatic carbocycles. The van der Waals surface area contributed by atoms with Gasteiger partial charge in [-0.05, 0) is 26.0 Å². The van der Waals surface area contributed by atoms with Gasteiger partial charge in [0.25, 0.3) is 5.91 Å². The average molecular weight is 210 g/mol. The van der Waals surface area contributed by atoms with E-state index in [1.807, 2.05) is 6.92 Å². The molecule has 0 spiro atoms. The van der Waals surface area contributed by atoms with E-state index in [1.165, 1.54) is 0 Å². The van der Waals surface area contributed by atoms with Gasteiger partial charge in [0.2, 0.25) is 0 Å².